The zero-order valence-corrected chi connectivity index (χ0v) is 12.2. The maximum atomic E-state index is 12.2. The molecule has 0 aliphatic heterocycles. The highest BCUT2D eigenvalue weighted by Crippen LogP contribution is 2.34. The molecule has 0 bridgehead atoms. The summed E-state index contributed by atoms with van der Waals surface area (Å²) in [6.07, 6.45) is 3.58. The second-order valence-electron chi connectivity index (χ2n) is 5.66. The summed E-state index contributed by atoms with van der Waals surface area (Å²) in [6.45, 7) is 2.31. The predicted octanol–water partition coefficient (Wildman–Crippen LogP) is 1.89. The maximum Gasteiger partial charge on any atom is 0.329 e. The lowest BCUT2D eigenvalue weighted by Gasteiger charge is -2.36. The minimum absolute atomic E-state index is 0.105. The van der Waals surface area contributed by atoms with Crippen LogP contribution in [0.25, 0.3) is 0 Å². The van der Waals surface area contributed by atoms with Crippen LogP contribution in [0.3, 0.4) is 0 Å². The Morgan fingerprint density at radius 2 is 2.10 bits per heavy atom. The Kier molecular flexibility index (Phi) is 4.67. The number of nitrogens with two attached hydrogens (primary N) is 1. The molecule has 21 heavy (non-hydrogen) atoms. The lowest BCUT2D eigenvalue weighted by Crippen LogP contribution is -2.56. The molecule has 0 spiro atoms. The number of aliphatic carboxylic acids is 1. The van der Waals surface area contributed by atoms with Gasteiger partial charge < -0.3 is 20.6 Å². The van der Waals surface area contributed by atoms with Crippen LogP contribution in [0.1, 0.15) is 55.3 Å². The van der Waals surface area contributed by atoms with Gasteiger partial charge in [0.1, 0.15) is 11.3 Å². The first-order chi connectivity index (χ1) is 10.0. The lowest BCUT2D eigenvalue weighted by molar-refractivity contribution is -0.146. The van der Waals surface area contributed by atoms with Crippen LogP contribution >= 0.6 is 0 Å². The van der Waals surface area contributed by atoms with Gasteiger partial charge in [-0.25, -0.2) is 4.79 Å². The second-order valence-corrected chi connectivity index (χ2v) is 5.66. The number of amides is 1. The number of carboxylic acid groups (broad SMARTS) is 1. The van der Waals surface area contributed by atoms with Crippen LogP contribution in [0, 0.1) is 5.92 Å². The van der Waals surface area contributed by atoms with Crippen molar-refractivity contribution in [3.63, 3.8) is 0 Å². The van der Waals surface area contributed by atoms with Crippen molar-refractivity contribution in [1.29, 1.82) is 0 Å². The van der Waals surface area contributed by atoms with Crippen molar-refractivity contribution in [3.05, 3.63) is 23.7 Å². The molecule has 1 aromatic heterocycles. The summed E-state index contributed by atoms with van der Waals surface area (Å²) in [7, 11) is 0. The quantitative estimate of drug-likeness (QED) is 0.769. The van der Waals surface area contributed by atoms with E-state index in [1.165, 1.54) is 6.07 Å². The smallest absolute Gasteiger partial charge is 0.329 e. The second kappa shape index (κ2) is 6.30. The lowest BCUT2D eigenvalue weighted by atomic mass is 9.75. The van der Waals surface area contributed by atoms with Crippen LogP contribution in [0.2, 0.25) is 0 Å². The SMILES string of the molecule is CCC1CCC(NC(=O)c2ccc(CN)o2)(C(=O)O)CC1. The van der Waals surface area contributed by atoms with E-state index in [1.54, 1.807) is 6.07 Å². The number of furan rings is 1. The molecule has 0 unspecified atom stereocenters. The van der Waals surface area contributed by atoms with Crippen molar-refractivity contribution in [2.45, 2.75) is 51.1 Å². The van der Waals surface area contributed by atoms with E-state index in [9.17, 15) is 14.7 Å². The van der Waals surface area contributed by atoms with Crippen molar-refractivity contribution in [1.82, 2.24) is 5.32 Å². The zero-order chi connectivity index (χ0) is 15.5. The molecule has 1 aromatic rings. The minimum Gasteiger partial charge on any atom is -0.480 e. The van der Waals surface area contributed by atoms with E-state index in [4.69, 9.17) is 10.2 Å². The highest BCUT2D eigenvalue weighted by molar-refractivity contribution is 5.95. The molecule has 1 aliphatic carbocycles. The van der Waals surface area contributed by atoms with Gasteiger partial charge in [0.15, 0.2) is 5.76 Å². The van der Waals surface area contributed by atoms with E-state index < -0.39 is 17.4 Å². The van der Waals surface area contributed by atoms with Crippen LogP contribution in [0.5, 0.6) is 0 Å². The normalized spacial score (nSPS) is 25.5. The summed E-state index contributed by atoms with van der Waals surface area (Å²) in [5.74, 6) is -0.321. The van der Waals surface area contributed by atoms with Gasteiger partial charge in [0.25, 0.3) is 5.91 Å². The van der Waals surface area contributed by atoms with Crippen molar-refractivity contribution in [2.24, 2.45) is 11.7 Å². The molecule has 0 aromatic carbocycles. The number of carbonyl (C=O) groups is 2. The van der Waals surface area contributed by atoms with E-state index in [0.717, 1.165) is 19.3 Å². The van der Waals surface area contributed by atoms with Gasteiger partial charge in [-0.05, 0) is 43.7 Å². The van der Waals surface area contributed by atoms with Crippen molar-refractivity contribution >= 4 is 11.9 Å². The Balaban J connectivity index is 2.09. The van der Waals surface area contributed by atoms with Gasteiger partial charge in [-0.3, -0.25) is 4.79 Å². The number of nitrogens with one attached hydrogen (secondary N) is 1. The number of rotatable bonds is 5. The van der Waals surface area contributed by atoms with Crippen LogP contribution in [0.4, 0.5) is 0 Å². The fraction of sp³-hybridized carbons (Fsp3) is 0.600. The van der Waals surface area contributed by atoms with Crippen molar-refractivity contribution in [2.75, 3.05) is 0 Å². The Hall–Kier alpha value is -1.82. The molecule has 116 valence electrons. The first kappa shape index (κ1) is 15.6. The fourth-order valence-electron chi connectivity index (χ4n) is 2.86. The van der Waals surface area contributed by atoms with E-state index in [-0.39, 0.29) is 12.3 Å². The van der Waals surface area contributed by atoms with Gasteiger partial charge in [0.05, 0.1) is 6.54 Å². The van der Waals surface area contributed by atoms with Crippen LogP contribution in [-0.4, -0.2) is 22.5 Å². The molecule has 1 fully saturated rings. The Bertz CT molecular complexity index is 515. The third-order valence-electron chi connectivity index (χ3n) is 4.38. The van der Waals surface area contributed by atoms with Crippen molar-refractivity contribution in [3.8, 4) is 0 Å². The standard InChI is InChI=1S/C15H22N2O4/c1-2-10-5-7-15(8-6-10,14(19)20)17-13(18)12-4-3-11(9-16)21-12/h3-4,10H,2,5-9,16H2,1H3,(H,17,18)(H,19,20). The molecular formula is C15H22N2O4. The van der Waals surface area contributed by atoms with Gasteiger partial charge in [-0.15, -0.1) is 0 Å². The third kappa shape index (κ3) is 3.26. The molecule has 1 heterocycles. The fourth-order valence-corrected chi connectivity index (χ4v) is 2.86. The monoisotopic (exact) mass is 294 g/mol. The molecule has 2 rings (SSSR count). The minimum atomic E-state index is -1.18. The Morgan fingerprint density at radius 3 is 2.57 bits per heavy atom. The summed E-state index contributed by atoms with van der Waals surface area (Å²) in [5, 5.41) is 12.2. The summed E-state index contributed by atoms with van der Waals surface area (Å²) >= 11 is 0. The maximum absolute atomic E-state index is 12.2. The highest BCUT2D eigenvalue weighted by atomic mass is 16.4. The molecule has 4 N–H and O–H groups in total. The molecule has 1 saturated carbocycles. The summed E-state index contributed by atoms with van der Waals surface area (Å²) in [5.41, 5.74) is 4.25. The van der Waals surface area contributed by atoms with Crippen LogP contribution in [0.15, 0.2) is 16.5 Å². The van der Waals surface area contributed by atoms with Gasteiger partial charge in [0, 0.05) is 0 Å². The Morgan fingerprint density at radius 1 is 1.43 bits per heavy atom. The summed E-state index contributed by atoms with van der Waals surface area (Å²) < 4.78 is 5.27. The molecular weight excluding hydrogens is 272 g/mol. The van der Waals surface area contributed by atoms with Gasteiger partial charge >= 0.3 is 5.97 Å². The van der Waals surface area contributed by atoms with Crippen molar-refractivity contribution < 1.29 is 19.1 Å². The zero-order valence-electron chi connectivity index (χ0n) is 12.2. The highest BCUT2D eigenvalue weighted by Gasteiger charge is 2.43. The molecule has 1 amide bonds. The largest absolute Gasteiger partial charge is 0.480 e. The number of carbonyl (C=O) groups excluding carboxylic acids is 1. The first-order valence-electron chi connectivity index (χ1n) is 7.35. The van der Waals surface area contributed by atoms with E-state index >= 15 is 0 Å². The van der Waals surface area contributed by atoms with Crippen LogP contribution < -0.4 is 11.1 Å². The molecule has 6 heteroatoms. The molecule has 0 atom stereocenters. The number of carboxylic acids is 1. The number of hydrogen-bond donors (Lipinski definition) is 3. The molecule has 6 nitrogen and oxygen atoms in total. The molecule has 0 saturated heterocycles. The van der Waals surface area contributed by atoms with Gasteiger partial charge in [-0.2, -0.15) is 0 Å². The summed E-state index contributed by atoms with van der Waals surface area (Å²) in [4.78, 5) is 23.8. The van der Waals surface area contributed by atoms with E-state index in [0.29, 0.717) is 24.5 Å². The predicted molar refractivity (Wildman–Crippen MR) is 76.7 cm³/mol. The topological polar surface area (TPSA) is 106 Å². The average Bonchev–Trinajstić information content (AvgIpc) is 2.97. The van der Waals surface area contributed by atoms with Gasteiger partial charge in [0.2, 0.25) is 0 Å². The van der Waals surface area contributed by atoms with E-state index in [2.05, 4.69) is 12.2 Å². The Labute approximate surface area is 123 Å². The third-order valence-corrected chi connectivity index (χ3v) is 4.38. The molecule has 0 radical (unpaired) electrons. The number of hydrogen-bond acceptors (Lipinski definition) is 4. The van der Waals surface area contributed by atoms with Gasteiger partial charge in [-0.1, -0.05) is 13.3 Å². The first-order valence-corrected chi connectivity index (χ1v) is 7.35. The van der Waals surface area contributed by atoms with E-state index in [1.807, 2.05) is 0 Å². The molecule has 1 aliphatic rings. The summed E-state index contributed by atoms with van der Waals surface area (Å²) in [6, 6.07) is 3.14. The average molecular weight is 294 g/mol. The van der Waals surface area contributed by atoms with Crippen LogP contribution in [-0.2, 0) is 11.3 Å².